The van der Waals surface area contributed by atoms with E-state index < -0.39 is 86.8 Å². The minimum absolute atomic E-state index is 0.256. The van der Waals surface area contributed by atoms with Gasteiger partial charge >= 0.3 is 0 Å². The van der Waals surface area contributed by atoms with Gasteiger partial charge in [0, 0.05) is 6.42 Å². The van der Waals surface area contributed by atoms with E-state index in [4.69, 9.17) is 18.9 Å². The summed E-state index contributed by atoms with van der Waals surface area (Å²) >= 11 is 0. The fourth-order valence-corrected chi connectivity index (χ4v) is 7.87. The Hall–Kier alpha value is -2.05. The van der Waals surface area contributed by atoms with Gasteiger partial charge in [0.2, 0.25) is 5.91 Å². The molecular weight excluding hydrogens is 823 g/mol. The van der Waals surface area contributed by atoms with E-state index in [1.807, 2.05) is 6.08 Å². The lowest BCUT2D eigenvalue weighted by atomic mass is 9.97. The normalized spacial score (nSPS) is 27.7. The van der Waals surface area contributed by atoms with Gasteiger partial charge in [0.05, 0.1) is 32.0 Å². The molecule has 0 aromatic heterocycles. The van der Waals surface area contributed by atoms with E-state index in [0.717, 1.165) is 64.2 Å². The van der Waals surface area contributed by atoms with Gasteiger partial charge in [-0.3, -0.25) is 4.79 Å². The topological polar surface area (TPSA) is 228 Å². The molecule has 2 saturated heterocycles. The van der Waals surface area contributed by atoms with Gasteiger partial charge in [-0.15, -0.1) is 0 Å². The molecule has 0 radical (unpaired) electrons. The van der Waals surface area contributed by atoms with Crippen molar-refractivity contribution in [3.8, 4) is 0 Å². The monoisotopic (exact) mass is 912 g/mol. The van der Waals surface area contributed by atoms with Gasteiger partial charge in [-0.05, 0) is 57.8 Å². The molecule has 14 heteroatoms. The van der Waals surface area contributed by atoms with Crippen LogP contribution in [0.2, 0.25) is 0 Å². The number of hydrogen-bond donors (Lipinski definition) is 9. The zero-order valence-electron chi connectivity index (χ0n) is 39.3. The van der Waals surface area contributed by atoms with Crippen LogP contribution in [0.4, 0.5) is 0 Å². The molecule has 2 heterocycles. The highest BCUT2D eigenvalue weighted by Crippen LogP contribution is 2.30. The maximum atomic E-state index is 13.1. The highest BCUT2D eigenvalue weighted by atomic mass is 16.7. The number of carbonyl (C=O) groups is 1. The van der Waals surface area contributed by atoms with Crippen molar-refractivity contribution in [3.05, 3.63) is 48.6 Å². The van der Waals surface area contributed by atoms with Crippen LogP contribution in [0.1, 0.15) is 168 Å². The van der Waals surface area contributed by atoms with Crippen LogP contribution < -0.4 is 5.32 Å². The van der Waals surface area contributed by atoms with Crippen LogP contribution in [0.15, 0.2) is 48.6 Å². The molecular formula is C50H89NO13. The molecule has 12 unspecified atom stereocenters. The van der Waals surface area contributed by atoms with Crippen molar-refractivity contribution in [3.63, 3.8) is 0 Å². The molecule has 12 atom stereocenters. The van der Waals surface area contributed by atoms with Crippen LogP contribution in [0, 0.1) is 0 Å². The summed E-state index contributed by atoms with van der Waals surface area (Å²) in [5.74, 6) is -0.267. The van der Waals surface area contributed by atoms with E-state index in [-0.39, 0.29) is 18.9 Å². The second kappa shape index (κ2) is 37.0. The number of allylic oxidation sites excluding steroid dienone is 7. The number of amides is 1. The van der Waals surface area contributed by atoms with Gasteiger partial charge in [0.25, 0.3) is 0 Å². The van der Waals surface area contributed by atoms with Crippen LogP contribution in [-0.4, -0.2) is 140 Å². The van der Waals surface area contributed by atoms with Crippen molar-refractivity contribution in [2.45, 2.75) is 242 Å². The lowest BCUT2D eigenvalue weighted by Gasteiger charge is -2.46. The standard InChI is InChI=1S/C50H89NO13/c1-3-5-7-9-11-13-15-17-18-19-20-22-23-25-27-29-31-33-39(54)38(51-42(55)34-32-30-28-26-24-21-16-14-12-10-8-6-4-2)37-61-49-47(60)45(58)48(41(36-53)63-49)64-50-46(59)44(57)43(56)40(35-52)62-50/h8,10,14,16,23,25,31,33,38-41,43-50,52-54,56-60H,3-7,9,11-13,15,17-22,24,26-30,32,34-37H2,1-2H3,(H,51,55)/b10-8-,16-14-,25-23+,33-31+. The first-order chi connectivity index (χ1) is 31.1. The maximum absolute atomic E-state index is 13.1. The Balaban J connectivity index is 1.89. The van der Waals surface area contributed by atoms with Crippen molar-refractivity contribution in [2.75, 3.05) is 19.8 Å². The largest absolute Gasteiger partial charge is 0.394 e. The summed E-state index contributed by atoms with van der Waals surface area (Å²) in [5.41, 5.74) is 0. The van der Waals surface area contributed by atoms with Crippen LogP contribution in [0.3, 0.4) is 0 Å². The molecule has 0 aliphatic carbocycles. The van der Waals surface area contributed by atoms with Crippen LogP contribution in [0.5, 0.6) is 0 Å². The first kappa shape index (κ1) is 58.1. The molecule has 2 aliphatic heterocycles. The number of unbranched alkanes of at least 4 members (excludes halogenated alkanes) is 18. The summed E-state index contributed by atoms with van der Waals surface area (Å²) in [6, 6.07) is -0.937. The second-order valence-corrected chi connectivity index (χ2v) is 17.6. The molecule has 64 heavy (non-hydrogen) atoms. The van der Waals surface area contributed by atoms with Gasteiger partial charge in [0.1, 0.15) is 48.8 Å². The molecule has 2 rings (SSSR count). The molecule has 1 amide bonds. The molecule has 0 spiro atoms. The van der Waals surface area contributed by atoms with Gasteiger partial charge < -0.3 is 65.1 Å². The van der Waals surface area contributed by atoms with E-state index in [2.05, 4.69) is 55.6 Å². The molecule has 2 aliphatic rings. The quantitative estimate of drug-likeness (QED) is 0.0254. The average Bonchev–Trinajstić information content (AvgIpc) is 3.29. The Labute approximate surface area is 384 Å². The van der Waals surface area contributed by atoms with E-state index in [1.54, 1.807) is 6.08 Å². The maximum Gasteiger partial charge on any atom is 0.220 e. The summed E-state index contributed by atoms with van der Waals surface area (Å²) in [5, 5.41) is 86.6. The van der Waals surface area contributed by atoms with Crippen molar-refractivity contribution < 1.29 is 64.6 Å². The van der Waals surface area contributed by atoms with E-state index in [9.17, 15) is 45.6 Å². The van der Waals surface area contributed by atoms with Crippen molar-refractivity contribution in [1.82, 2.24) is 5.32 Å². The number of aliphatic hydroxyl groups excluding tert-OH is 8. The second-order valence-electron chi connectivity index (χ2n) is 17.6. The van der Waals surface area contributed by atoms with Crippen molar-refractivity contribution in [1.29, 1.82) is 0 Å². The molecule has 9 N–H and O–H groups in total. The Morgan fingerprint density at radius 2 is 1.08 bits per heavy atom. The van der Waals surface area contributed by atoms with Gasteiger partial charge in [-0.1, -0.05) is 152 Å². The minimum atomic E-state index is -1.79. The fraction of sp³-hybridized carbons (Fsp3) is 0.820. The molecule has 0 saturated carbocycles. The zero-order valence-corrected chi connectivity index (χ0v) is 39.3. The number of ether oxygens (including phenoxy) is 4. The highest BCUT2D eigenvalue weighted by Gasteiger charge is 2.51. The average molecular weight is 912 g/mol. The number of rotatable bonds is 37. The summed E-state index contributed by atoms with van der Waals surface area (Å²) in [7, 11) is 0. The predicted molar refractivity (Wildman–Crippen MR) is 249 cm³/mol. The van der Waals surface area contributed by atoms with Gasteiger partial charge in [-0.2, -0.15) is 0 Å². The first-order valence-corrected chi connectivity index (χ1v) is 24.9. The molecule has 0 aromatic rings. The molecule has 14 nitrogen and oxygen atoms in total. The lowest BCUT2D eigenvalue weighted by Crippen LogP contribution is -2.65. The van der Waals surface area contributed by atoms with E-state index in [1.165, 1.54) is 70.6 Å². The molecule has 0 aromatic carbocycles. The van der Waals surface area contributed by atoms with Crippen LogP contribution in [-0.2, 0) is 23.7 Å². The third-order valence-electron chi connectivity index (χ3n) is 12.0. The van der Waals surface area contributed by atoms with E-state index >= 15 is 0 Å². The smallest absolute Gasteiger partial charge is 0.220 e. The van der Waals surface area contributed by atoms with E-state index in [0.29, 0.717) is 12.8 Å². The minimum Gasteiger partial charge on any atom is -0.394 e. The fourth-order valence-electron chi connectivity index (χ4n) is 7.87. The molecule has 0 bridgehead atoms. The zero-order chi connectivity index (χ0) is 46.8. The first-order valence-electron chi connectivity index (χ1n) is 24.9. The predicted octanol–water partition coefficient (Wildman–Crippen LogP) is 6.10. The number of carbonyl (C=O) groups excluding carboxylic acids is 1. The summed E-state index contributed by atoms with van der Waals surface area (Å²) < 4.78 is 22.6. The van der Waals surface area contributed by atoms with Crippen molar-refractivity contribution >= 4 is 5.91 Å². The Morgan fingerprint density at radius 1 is 0.562 bits per heavy atom. The Morgan fingerprint density at radius 3 is 1.69 bits per heavy atom. The Bertz CT molecular complexity index is 1260. The number of nitrogens with one attached hydrogen (secondary N) is 1. The van der Waals surface area contributed by atoms with Gasteiger partial charge in [0.15, 0.2) is 12.6 Å². The van der Waals surface area contributed by atoms with Crippen LogP contribution >= 0.6 is 0 Å². The number of hydrogen-bond acceptors (Lipinski definition) is 13. The molecule has 372 valence electrons. The summed E-state index contributed by atoms with van der Waals surface area (Å²) in [6.07, 6.45) is 25.8. The van der Waals surface area contributed by atoms with Crippen LogP contribution in [0.25, 0.3) is 0 Å². The summed E-state index contributed by atoms with van der Waals surface area (Å²) in [4.78, 5) is 13.1. The highest BCUT2D eigenvalue weighted by molar-refractivity contribution is 5.76. The van der Waals surface area contributed by atoms with Gasteiger partial charge in [-0.25, -0.2) is 0 Å². The summed E-state index contributed by atoms with van der Waals surface area (Å²) in [6.45, 7) is 2.67. The third kappa shape index (κ3) is 24.1. The number of aliphatic hydroxyl groups is 8. The Kier molecular flexibility index (Phi) is 33.6. The SMILES string of the molecule is CCC/C=C\C/C=C\CCCCCCCC(=O)NC(COC1OC(CO)C(OC2OC(CO)C(O)C(O)C2O)C(O)C1O)C(O)/C=C/CC/C=C/CCCCCCCCCCCCC. The molecule has 2 fully saturated rings. The third-order valence-corrected chi connectivity index (χ3v) is 12.0. The lowest BCUT2D eigenvalue weighted by molar-refractivity contribution is -0.359. The van der Waals surface area contributed by atoms with Crippen molar-refractivity contribution in [2.24, 2.45) is 0 Å².